The van der Waals surface area contributed by atoms with Crippen molar-refractivity contribution < 1.29 is 19.5 Å². The number of likely N-dealkylation sites (tertiary alicyclic amines) is 1. The third-order valence-corrected chi connectivity index (χ3v) is 6.14. The summed E-state index contributed by atoms with van der Waals surface area (Å²) in [5.41, 5.74) is 2.04. The molecule has 1 aromatic heterocycles. The summed E-state index contributed by atoms with van der Waals surface area (Å²) in [6.45, 7) is 1.08. The number of aliphatic hydroxyl groups is 1. The lowest BCUT2D eigenvalue weighted by molar-refractivity contribution is 0.0546. The molecule has 1 aliphatic heterocycles. The van der Waals surface area contributed by atoms with E-state index in [9.17, 15) is 19.5 Å². The lowest BCUT2D eigenvalue weighted by Crippen LogP contribution is -2.40. The molecule has 3 N–H and O–H groups in total. The maximum absolute atomic E-state index is 12.7. The van der Waals surface area contributed by atoms with Crippen molar-refractivity contribution in [3.05, 3.63) is 82.0 Å². The van der Waals surface area contributed by atoms with Crippen LogP contribution in [0.5, 0.6) is 0 Å². The van der Waals surface area contributed by atoms with E-state index in [1.54, 1.807) is 65.6 Å². The Morgan fingerprint density at radius 1 is 0.844 bits per heavy atom. The molecule has 0 bridgehead atoms. The molecule has 2 heterocycles. The minimum absolute atomic E-state index is 0.0797. The number of nitrogens with zero attached hydrogens (tertiary/aromatic N) is 1. The lowest BCUT2D eigenvalue weighted by atomic mass is 10.1. The quantitative estimate of drug-likeness (QED) is 0.551. The van der Waals surface area contributed by atoms with Gasteiger partial charge in [-0.05, 0) is 66.8 Å². The first kappa shape index (κ1) is 21.7. The monoisotopic (exact) mass is 449 g/mol. The van der Waals surface area contributed by atoms with Crippen molar-refractivity contribution in [1.82, 2.24) is 4.90 Å². The van der Waals surface area contributed by atoms with Gasteiger partial charge >= 0.3 is 0 Å². The van der Waals surface area contributed by atoms with E-state index in [1.165, 1.54) is 11.3 Å². The highest BCUT2D eigenvalue weighted by molar-refractivity contribution is 7.12. The average molecular weight is 450 g/mol. The molecule has 0 radical (unpaired) electrons. The van der Waals surface area contributed by atoms with E-state index in [2.05, 4.69) is 10.6 Å². The summed E-state index contributed by atoms with van der Waals surface area (Å²) in [5.74, 6) is -0.619. The third-order valence-electron chi connectivity index (χ3n) is 5.27. The van der Waals surface area contributed by atoms with Gasteiger partial charge in [-0.15, -0.1) is 11.3 Å². The highest BCUT2D eigenvalue weighted by atomic mass is 32.1. The van der Waals surface area contributed by atoms with E-state index in [0.717, 1.165) is 0 Å². The number of piperidine rings is 1. The second kappa shape index (κ2) is 9.76. The number of benzene rings is 2. The summed E-state index contributed by atoms with van der Waals surface area (Å²) in [7, 11) is 0. The van der Waals surface area contributed by atoms with Crippen LogP contribution in [0.4, 0.5) is 11.4 Å². The first-order chi connectivity index (χ1) is 15.5. The van der Waals surface area contributed by atoms with Gasteiger partial charge < -0.3 is 20.6 Å². The van der Waals surface area contributed by atoms with Gasteiger partial charge in [0.1, 0.15) is 0 Å². The predicted octanol–water partition coefficient (Wildman–Crippen LogP) is 3.85. The predicted molar refractivity (Wildman–Crippen MR) is 124 cm³/mol. The van der Waals surface area contributed by atoms with E-state index >= 15 is 0 Å². The summed E-state index contributed by atoms with van der Waals surface area (Å²) < 4.78 is 0. The van der Waals surface area contributed by atoms with Crippen molar-refractivity contribution in [2.24, 2.45) is 0 Å². The molecule has 7 nitrogen and oxygen atoms in total. The fraction of sp³-hybridized carbons (Fsp3) is 0.208. The van der Waals surface area contributed by atoms with Crippen LogP contribution in [0.15, 0.2) is 66.0 Å². The Balaban J connectivity index is 1.37. The molecule has 0 spiro atoms. The number of amides is 3. The number of hydrogen-bond donors (Lipinski definition) is 3. The Labute approximate surface area is 189 Å². The van der Waals surface area contributed by atoms with Crippen LogP contribution in [-0.2, 0) is 0 Å². The van der Waals surface area contributed by atoms with Gasteiger partial charge in [-0.3, -0.25) is 14.4 Å². The van der Waals surface area contributed by atoms with Crippen molar-refractivity contribution in [3.8, 4) is 0 Å². The second-order valence-electron chi connectivity index (χ2n) is 7.57. The Bertz CT molecular complexity index is 1100. The summed E-state index contributed by atoms with van der Waals surface area (Å²) in [4.78, 5) is 39.8. The van der Waals surface area contributed by atoms with E-state index in [0.29, 0.717) is 53.3 Å². The highest BCUT2D eigenvalue weighted by Gasteiger charge is 2.22. The second-order valence-corrected chi connectivity index (χ2v) is 8.51. The van der Waals surface area contributed by atoms with E-state index in [1.807, 2.05) is 5.38 Å². The molecule has 0 atom stereocenters. The first-order valence-electron chi connectivity index (χ1n) is 10.3. The van der Waals surface area contributed by atoms with Gasteiger partial charge in [-0.2, -0.15) is 0 Å². The number of thiophene rings is 1. The van der Waals surface area contributed by atoms with Crippen molar-refractivity contribution in [2.45, 2.75) is 18.9 Å². The smallest absolute Gasteiger partial charge is 0.265 e. The number of aliphatic hydroxyl groups excluding tert-OH is 1. The van der Waals surface area contributed by atoms with Crippen LogP contribution in [0.2, 0.25) is 0 Å². The van der Waals surface area contributed by atoms with Gasteiger partial charge in [0.2, 0.25) is 0 Å². The minimum atomic E-state index is -0.334. The van der Waals surface area contributed by atoms with E-state index < -0.39 is 0 Å². The van der Waals surface area contributed by atoms with Gasteiger partial charge in [0.05, 0.1) is 11.0 Å². The molecule has 1 saturated heterocycles. The van der Waals surface area contributed by atoms with Gasteiger partial charge in [0.25, 0.3) is 17.7 Å². The van der Waals surface area contributed by atoms with Crippen LogP contribution in [0, 0.1) is 0 Å². The van der Waals surface area contributed by atoms with E-state index in [4.69, 9.17) is 0 Å². The number of nitrogens with one attached hydrogen (secondary N) is 2. The molecule has 164 valence electrons. The molecule has 1 aliphatic rings. The van der Waals surface area contributed by atoms with Crippen molar-refractivity contribution >= 4 is 40.4 Å². The van der Waals surface area contributed by atoms with Crippen LogP contribution in [-0.4, -0.2) is 46.9 Å². The van der Waals surface area contributed by atoms with Gasteiger partial charge in [-0.1, -0.05) is 12.1 Å². The lowest BCUT2D eigenvalue weighted by Gasteiger charge is -2.29. The summed E-state index contributed by atoms with van der Waals surface area (Å²) in [6.07, 6.45) is 0.846. The van der Waals surface area contributed by atoms with Crippen LogP contribution >= 0.6 is 11.3 Å². The average Bonchev–Trinajstić information content (AvgIpc) is 3.35. The van der Waals surface area contributed by atoms with Crippen LogP contribution in [0.1, 0.15) is 43.2 Å². The van der Waals surface area contributed by atoms with Crippen LogP contribution in [0.3, 0.4) is 0 Å². The van der Waals surface area contributed by atoms with Gasteiger partial charge in [0, 0.05) is 35.6 Å². The normalized spacial score (nSPS) is 14.1. The molecule has 0 unspecified atom stereocenters. The molecule has 8 heteroatoms. The Hall–Kier alpha value is -3.49. The molecule has 0 aliphatic carbocycles. The molecule has 4 rings (SSSR count). The topological polar surface area (TPSA) is 98.7 Å². The molecular formula is C24H23N3O4S. The maximum Gasteiger partial charge on any atom is 0.265 e. The summed E-state index contributed by atoms with van der Waals surface area (Å²) >= 11 is 1.35. The SMILES string of the molecule is O=C(Nc1ccc(C(=O)N2CCC(O)CC2)cc1)c1cccc(NC(=O)c2cccs2)c1. The summed E-state index contributed by atoms with van der Waals surface area (Å²) in [6, 6.07) is 17.0. The molecule has 0 saturated carbocycles. The Kier molecular flexibility index (Phi) is 6.63. The minimum Gasteiger partial charge on any atom is -0.393 e. The number of hydrogen-bond acceptors (Lipinski definition) is 5. The number of rotatable bonds is 5. The molecule has 3 amide bonds. The standard InChI is InChI=1S/C24H23N3O4S/c28-20-10-12-27(13-11-20)24(31)16-6-8-18(9-7-16)25-22(29)17-3-1-4-19(15-17)26-23(30)21-5-2-14-32-21/h1-9,14-15,20,28H,10-13H2,(H,25,29)(H,26,30). The maximum atomic E-state index is 12.7. The first-order valence-corrected chi connectivity index (χ1v) is 11.2. The molecule has 32 heavy (non-hydrogen) atoms. The number of carbonyl (C=O) groups is 3. The van der Waals surface area contributed by atoms with Crippen LogP contribution in [0.25, 0.3) is 0 Å². The summed E-state index contributed by atoms with van der Waals surface area (Å²) in [5, 5.41) is 17.0. The van der Waals surface area contributed by atoms with E-state index in [-0.39, 0.29) is 23.8 Å². The van der Waals surface area contributed by atoms with Crippen molar-refractivity contribution in [2.75, 3.05) is 23.7 Å². The van der Waals surface area contributed by atoms with Crippen LogP contribution < -0.4 is 10.6 Å². The number of carbonyl (C=O) groups excluding carboxylic acids is 3. The van der Waals surface area contributed by atoms with Gasteiger partial charge in [-0.25, -0.2) is 0 Å². The molecule has 1 fully saturated rings. The zero-order chi connectivity index (χ0) is 22.5. The van der Waals surface area contributed by atoms with Crippen molar-refractivity contribution in [1.29, 1.82) is 0 Å². The number of anilines is 2. The fourth-order valence-electron chi connectivity index (χ4n) is 3.49. The third kappa shape index (κ3) is 5.22. The Morgan fingerprint density at radius 3 is 2.25 bits per heavy atom. The van der Waals surface area contributed by atoms with Gasteiger partial charge in [0.15, 0.2) is 0 Å². The van der Waals surface area contributed by atoms with Crippen molar-refractivity contribution in [3.63, 3.8) is 0 Å². The molecular weight excluding hydrogens is 426 g/mol. The Morgan fingerprint density at radius 2 is 1.56 bits per heavy atom. The zero-order valence-electron chi connectivity index (χ0n) is 17.3. The molecule has 3 aromatic rings. The molecule has 2 aromatic carbocycles. The zero-order valence-corrected chi connectivity index (χ0v) is 18.1. The largest absolute Gasteiger partial charge is 0.393 e. The fourth-order valence-corrected chi connectivity index (χ4v) is 4.11. The highest BCUT2D eigenvalue weighted by Crippen LogP contribution is 2.18.